The minimum absolute atomic E-state index is 0.148. The van der Waals surface area contributed by atoms with Crippen LogP contribution in [0.5, 0.6) is 0 Å². The van der Waals surface area contributed by atoms with Gasteiger partial charge < -0.3 is 14.8 Å². The van der Waals surface area contributed by atoms with Gasteiger partial charge in [0.1, 0.15) is 0 Å². The fourth-order valence-electron chi connectivity index (χ4n) is 3.87. The number of rotatable bonds is 4. The molecular weight excluding hydrogens is 362 g/mol. The highest BCUT2D eigenvalue weighted by Crippen LogP contribution is 2.29. The first-order valence-electron chi connectivity index (χ1n) is 9.29. The van der Waals surface area contributed by atoms with Crippen molar-refractivity contribution in [2.75, 3.05) is 13.2 Å². The first-order valence-corrected chi connectivity index (χ1v) is 9.67. The zero-order valence-electron chi connectivity index (χ0n) is 15.0. The van der Waals surface area contributed by atoms with Crippen LogP contribution in [0, 0.1) is 5.92 Å². The van der Waals surface area contributed by atoms with E-state index in [1.54, 1.807) is 0 Å². The maximum atomic E-state index is 12.9. The van der Waals surface area contributed by atoms with Gasteiger partial charge in [-0.2, -0.15) is 0 Å². The highest BCUT2D eigenvalue weighted by molar-refractivity contribution is 6.30. The standard InChI is InChI=1S/C22H22ClNO3/c23-16-7-5-15(6-8-16)21-18-4-2-1-3-17(18)19(22(26)24-21)13-20(25)14-9-11-27-12-10-14/h1-8,14,20,25H,9-13H2,(H,24,26). The van der Waals surface area contributed by atoms with Gasteiger partial charge in [-0.05, 0) is 41.8 Å². The molecule has 5 heteroatoms. The molecule has 1 atom stereocenters. The Hall–Kier alpha value is -2.14. The van der Waals surface area contributed by atoms with E-state index in [2.05, 4.69) is 4.98 Å². The number of halogens is 1. The lowest BCUT2D eigenvalue weighted by molar-refractivity contribution is 0.00841. The second kappa shape index (κ2) is 7.85. The Morgan fingerprint density at radius 1 is 1.07 bits per heavy atom. The van der Waals surface area contributed by atoms with E-state index < -0.39 is 6.10 Å². The molecule has 4 rings (SSSR count). The summed E-state index contributed by atoms with van der Waals surface area (Å²) in [6.07, 6.45) is 1.47. The summed E-state index contributed by atoms with van der Waals surface area (Å²) in [5.41, 5.74) is 2.17. The molecule has 2 N–H and O–H groups in total. The number of hydrogen-bond acceptors (Lipinski definition) is 3. The Morgan fingerprint density at radius 2 is 1.74 bits per heavy atom. The Bertz CT molecular complexity index is 991. The van der Waals surface area contributed by atoms with Crippen molar-refractivity contribution >= 4 is 22.4 Å². The van der Waals surface area contributed by atoms with E-state index in [0.717, 1.165) is 34.9 Å². The Morgan fingerprint density at radius 3 is 2.44 bits per heavy atom. The van der Waals surface area contributed by atoms with Crippen molar-refractivity contribution in [3.8, 4) is 11.3 Å². The topological polar surface area (TPSA) is 62.3 Å². The number of nitrogens with one attached hydrogen (secondary N) is 1. The minimum atomic E-state index is -0.542. The first kappa shape index (κ1) is 18.2. The van der Waals surface area contributed by atoms with Crippen molar-refractivity contribution in [1.82, 2.24) is 4.98 Å². The first-order chi connectivity index (χ1) is 13.1. The fourth-order valence-corrected chi connectivity index (χ4v) is 3.99. The van der Waals surface area contributed by atoms with Crippen LogP contribution in [0.1, 0.15) is 18.4 Å². The number of aromatic nitrogens is 1. The number of ether oxygens (including phenoxy) is 1. The summed E-state index contributed by atoms with van der Waals surface area (Å²) in [6.45, 7) is 1.35. The van der Waals surface area contributed by atoms with Crippen LogP contribution < -0.4 is 5.56 Å². The van der Waals surface area contributed by atoms with Crippen molar-refractivity contribution in [2.24, 2.45) is 5.92 Å². The zero-order valence-corrected chi connectivity index (χ0v) is 15.7. The molecule has 1 unspecified atom stereocenters. The molecule has 2 heterocycles. The molecule has 27 heavy (non-hydrogen) atoms. The highest BCUT2D eigenvalue weighted by Gasteiger charge is 2.24. The van der Waals surface area contributed by atoms with Crippen LogP contribution in [-0.2, 0) is 11.2 Å². The van der Waals surface area contributed by atoms with Crippen LogP contribution >= 0.6 is 11.6 Å². The third-order valence-corrected chi connectivity index (χ3v) is 5.64. The van der Waals surface area contributed by atoms with Crippen LogP contribution in [0.15, 0.2) is 53.3 Å². The van der Waals surface area contributed by atoms with E-state index in [4.69, 9.17) is 16.3 Å². The number of benzene rings is 2. The van der Waals surface area contributed by atoms with Gasteiger partial charge in [0.25, 0.3) is 5.56 Å². The minimum Gasteiger partial charge on any atom is -0.392 e. The molecule has 0 radical (unpaired) electrons. The molecule has 1 aliphatic rings. The van der Waals surface area contributed by atoms with Crippen molar-refractivity contribution < 1.29 is 9.84 Å². The lowest BCUT2D eigenvalue weighted by atomic mass is 9.88. The number of hydrogen-bond donors (Lipinski definition) is 2. The van der Waals surface area contributed by atoms with Crippen molar-refractivity contribution in [2.45, 2.75) is 25.4 Å². The summed E-state index contributed by atoms with van der Waals surface area (Å²) in [6, 6.07) is 15.3. The second-order valence-corrected chi connectivity index (χ2v) is 7.52. The van der Waals surface area contributed by atoms with Gasteiger partial charge in [-0.1, -0.05) is 48.0 Å². The number of aromatic amines is 1. The van der Waals surface area contributed by atoms with Crippen LogP contribution in [-0.4, -0.2) is 29.4 Å². The molecule has 1 aliphatic heterocycles. The predicted molar refractivity (Wildman–Crippen MR) is 108 cm³/mol. The summed E-state index contributed by atoms with van der Waals surface area (Å²) in [5, 5.41) is 13.2. The molecule has 3 aromatic rings. The third-order valence-electron chi connectivity index (χ3n) is 5.39. The average molecular weight is 384 g/mol. The Balaban J connectivity index is 1.76. The van der Waals surface area contributed by atoms with E-state index in [0.29, 0.717) is 30.2 Å². The summed E-state index contributed by atoms with van der Waals surface area (Å²) < 4.78 is 5.38. The van der Waals surface area contributed by atoms with Gasteiger partial charge >= 0.3 is 0 Å². The smallest absolute Gasteiger partial charge is 0.252 e. The largest absolute Gasteiger partial charge is 0.392 e. The summed E-state index contributed by atoms with van der Waals surface area (Å²) in [7, 11) is 0. The van der Waals surface area contributed by atoms with Crippen LogP contribution in [0.25, 0.3) is 22.0 Å². The predicted octanol–water partition coefficient (Wildman–Crippen LogP) is 4.18. The molecular formula is C22H22ClNO3. The number of aliphatic hydroxyl groups excluding tert-OH is 1. The maximum absolute atomic E-state index is 12.9. The number of fused-ring (bicyclic) bond motifs is 1. The molecule has 0 bridgehead atoms. The maximum Gasteiger partial charge on any atom is 0.252 e. The van der Waals surface area contributed by atoms with Gasteiger partial charge in [-0.3, -0.25) is 4.79 Å². The summed E-state index contributed by atoms with van der Waals surface area (Å²) in [4.78, 5) is 15.9. The van der Waals surface area contributed by atoms with E-state index in [-0.39, 0.29) is 11.5 Å². The molecule has 1 fully saturated rings. The Labute approximate surface area is 162 Å². The van der Waals surface area contributed by atoms with Gasteiger partial charge in [-0.25, -0.2) is 0 Å². The van der Waals surface area contributed by atoms with Crippen molar-refractivity contribution in [1.29, 1.82) is 0 Å². The quantitative estimate of drug-likeness (QED) is 0.710. The monoisotopic (exact) mass is 383 g/mol. The fraction of sp³-hybridized carbons (Fsp3) is 0.318. The van der Waals surface area contributed by atoms with Crippen molar-refractivity contribution in [3.63, 3.8) is 0 Å². The van der Waals surface area contributed by atoms with Gasteiger partial charge in [0.15, 0.2) is 0 Å². The SMILES string of the molecule is O=c1[nH]c(-c2ccc(Cl)cc2)c2ccccc2c1CC(O)C1CCOCC1. The molecule has 4 nitrogen and oxygen atoms in total. The van der Waals surface area contributed by atoms with Crippen LogP contribution in [0.4, 0.5) is 0 Å². The van der Waals surface area contributed by atoms with E-state index in [1.165, 1.54) is 0 Å². The lowest BCUT2D eigenvalue weighted by Crippen LogP contribution is -2.31. The lowest BCUT2D eigenvalue weighted by Gasteiger charge is -2.27. The normalized spacial score (nSPS) is 16.5. The molecule has 140 valence electrons. The van der Waals surface area contributed by atoms with Gasteiger partial charge in [-0.15, -0.1) is 0 Å². The van der Waals surface area contributed by atoms with Crippen molar-refractivity contribution in [3.05, 3.63) is 69.5 Å². The molecule has 1 saturated heterocycles. The van der Waals surface area contributed by atoms with Gasteiger partial charge in [0.05, 0.1) is 11.8 Å². The zero-order chi connectivity index (χ0) is 18.8. The summed E-state index contributed by atoms with van der Waals surface area (Å²) >= 11 is 6.00. The van der Waals surface area contributed by atoms with Crippen LogP contribution in [0.3, 0.4) is 0 Å². The highest BCUT2D eigenvalue weighted by atomic mass is 35.5. The van der Waals surface area contributed by atoms with E-state index in [1.807, 2.05) is 48.5 Å². The third kappa shape index (κ3) is 3.79. The van der Waals surface area contributed by atoms with E-state index >= 15 is 0 Å². The van der Waals surface area contributed by atoms with Crippen LogP contribution in [0.2, 0.25) is 5.02 Å². The van der Waals surface area contributed by atoms with Gasteiger partial charge in [0.2, 0.25) is 0 Å². The number of H-pyrrole nitrogens is 1. The molecule has 2 aromatic carbocycles. The molecule has 0 amide bonds. The van der Waals surface area contributed by atoms with Gasteiger partial charge in [0, 0.05) is 35.6 Å². The average Bonchev–Trinajstić information content (AvgIpc) is 2.71. The molecule has 1 aromatic heterocycles. The Kier molecular flexibility index (Phi) is 5.30. The second-order valence-electron chi connectivity index (χ2n) is 7.08. The number of aliphatic hydroxyl groups is 1. The summed E-state index contributed by atoms with van der Waals surface area (Å²) in [5.74, 6) is 0.174. The van der Waals surface area contributed by atoms with E-state index in [9.17, 15) is 9.90 Å². The molecule has 0 spiro atoms. The molecule has 0 aliphatic carbocycles. The number of pyridine rings is 1. The molecule has 0 saturated carbocycles.